The Labute approximate surface area is 112 Å². The quantitative estimate of drug-likeness (QED) is 0.803. The second kappa shape index (κ2) is 5.35. The molecular formula is C13H22FNO4. The first kappa shape index (κ1) is 15.7. The van der Waals surface area contributed by atoms with E-state index in [1.165, 1.54) is 0 Å². The molecule has 110 valence electrons. The summed E-state index contributed by atoms with van der Waals surface area (Å²) in [6, 6.07) is 0. The molecule has 1 saturated carbocycles. The van der Waals surface area contributed by atoms with Gasteiger partial charge in [0.15, 0.2) is 0 Å². The van der Waals surface area contributed by atoms with E-state index in [0.29, 0.717) is 0 Å². The van der Waals surface area contributed by atoms with E-state index in [4.69, 9.17) is 9.47 Å². The number of hydrogen-bond donors (Lipinski definition) is 1. The van der Waals surface area contributed by atoms with Crippen molar-refractivity contribution in [2.75, 3.05) is 0 Å². The molecular weight excluding hydrogens is 253 g/mol. The first-order valence-corrected chi connectivity index (χ1v) is 6.40. The molecule has 1 amide bonds. The minimum atomic E-state index is -1.29. The van der Waals surface area contributed by atoms with Crippen LogP contribution in [-0.4, -0.2) is 35.5 Å². The van der Waals surface area contributed by atoms with Gasteiger partial charge in [0.25, 0.3) is 0 Å². The zero-order valence-corrected chi connectivity index (χ0v) is 12.1. The predicted octanol–water partition coefficient (Wildman–Crippen LogP) is 2.33. The number of esters is 1. The second-order valence-electron chi connectivity index (χ2n) is 6.17. The van der Waals surface area contributed by atoms with Crippen LogP contribution < -0.4 is 5.32 Å². The van der Waals surface area contributed by atoms with Gasteiger partial charge in [0.05, 0.1) is 6.10 Å². The lowest BCUT2D eigenvalue weighted by atomic mass is 9.75. The standard InChI is InChI=1S/C13H22FNO4/c1-8(2)18-10(16)13(6-9(14)7-13)15-11(17)19-12(3,4)5/h8-9H,6-7H2,1-5H3,(H,15,17). The summed E-state index contributed by atoms with van der Waals surface area (Å²) >= 11 is 0. The highest BCUT2D eigenvalue weighted by molar-refractivity contribution is 5.87. The first-order chi connectivity index (χ1) is 8.54. The fourth-order valence-corrected chi connectivity index (χ4v) is 1.84. The van der Waals surface area contributed by atoms with Crippen molar-refractivity contribution in [1.29, 1.82) is 0 Å². The van der Waals surface area contributed by atoms with Crippen LogP contribution in [0.3, 0.4) is 0 Å². The number of alkyl halides is 1. The molecule has 0 spiro atoms. The molecule has 0 bridgehead atoms. The highest BCUT2D eigenvalue weighted by Crippen LogP contribution is 2.36. The van der Waals surface area contributed by atoms with Gasteiger partial charge in [-0.05, 0) is 34.6 Å². The van der Waals surface area contributed by atoms with Gasteiger partial charge < -0.3 is 14.8 Å². The van der Waals surface area contributed by atoms with E-state index in [2.05, 4.69) is 5.32 Å². The van der Waals surface area contributed by atoms with Crippen LogP contribution in [0.2, 0.25) is 0 Å². The molecule has 1 rings (SSSR count). The van der Waals surface area contributed by atoms with Gasteiger partial charge in [0.1, 0.15) is 17.3 Å². The molecule has 1 aliphatic rings. The van der Waals surface area contributed by atoms with Crippen LogP contribution in [0.4, 0.5) is 9.18 Å². The summed E-state index contributed by atoms with van der Waals surface area (Å²) in [5, 5.41) is 2.45. The zero-order valence-electron chi connectivity index (χ0n) is 12.1. The molecule has 0 atom stereocenters. The van der Waals surface area contributed by atoms with Crippen molar-refractivity contribution in [2.24, 2.45) is 0 Å². The molecule has 6 heteroatoms. The highest BCUT2D eigenvalue weighted by Gasteiger charge is 2.54. The maximum Gasteiger partial charge on any atom is 0.408 e. The topological polar surface area (TPSA) is 64.6 Å². The monoisotopic (exact) mass is 275 g/mol. The number of hydrogen-bond acceptors (Lipinski definition) is 4. The Morgan fingerprint density at radius 2 is 1.84 bits per heavy atom. The molecule has 19 heavy (non-hydrogen) atoms. The summed E-state index contributed by atoms with van der Waals surface area (Å²) in [7, 11) is 0. The molecule has 1 N–H and O–H groups in total. The normalized spacial score (nSPS) is 26.6. The van der Waals surface area contributed by atoms with Crippen molar-refractivity contribution in [2.45, 2.75) is 70.9 Å². The third-order valence-electron chi connectivity index (χ3n) is 2.61. The maximum absolute atomic E-state index is 13.1. The van der Waals surface area contributed by atoms with Crippen LogP contribution in [0.1, 0.15) is 47.5 Å². The Bertz CT molecular complexity index is 356. The van der Waals surface area contributed by atoms with Gasteiger partial charge in [0.2, 0.25) is 0 Å². The van der Waals surface area contributed by atoms with Crippen LogP contribution in [0.5, 0.6) is 0 Å². The molecule has 0 aromatic carbocycles. The third-order valence-corrected chi connectivity index (χ3v) is 2.61. The molecule has 0 radical (unpaired) electrons. The molecule has 1 fully saturated rings. The van der Waals surface area contributed by atoms with Gasteiger partial charge >= 0.3 is 12.1 Å². The van der Waals surface area contributed by atoms with Gasteiger partial charge in [-0.3, -0.25) is 0 Å². The Morgan fingerprint density at radius 3 is 2.21 bits per heavy atom. The van der Waals surface area contributed by atoms with Crippen LogP contribution in [-0.2, 0) is 14.3 Å². The molecule has 1 aliphatic carbocycles. The van der Waals surface area contributed by atoms with E-state index in [1.807, 2.05) is 0 Å². The first-order valence-electron chi connectivity index (χ1n) is 6.40. The van der Waals surface area contributed by atoms with E-state index in [-0.39, 0.29) is 18.9 Å². The Hall–Kier alpha value is -1.33. The lowest BCUT2D eigenvalue weighted by Gasteiger charge is -2.42. The van der Waals surface area contributed by atoms with E-state index in [9.17, 15) is 14.0 Å². The fraction of sp³-hybridized carbons (Fsp3) is 0.846. The minimum absolute atomic E-state index is 0.0716. The summed E-state index contributed by atoms with van der Waals surface area (Å²) in [5.74, 6) is -0.609. The smallest absolute Gasteiger partial charge is 0.408 e. The molecule has 0 unspecified atom stereocenters. The van der Waals surface area contributed by atoms with E-state index in [1.54, 1.807) is 34.6 Å². The van der Waals surface area contributed by atoms with Crippen LogP contribution in [0.25, 0.3) is 0 Å². The lowest BCUT2D eigenvalue weighted by Crippen LogP contribution is -2.64. The summed E-state index contributed by atoms with van der Waals surface area (Å²) in [6.07, 6.45) is -2.30. The maximum atomic E-state index is 13.1. The zero-order chi connectivity index (χ0) is 14.8. The van der Waals surface area contributed by atoms with Crippen molar-refractivity contribution in [3.05, 3.63) is 0 Å². The summed E-state index contributed by atoms with van der Waals surface area (Å²) in [6.45, 7) is 8.54. The number of carbonyl (C=O) groups excluding carboxylic acids is 2. The average Bonchev–Trinajstić information content (AvgIpc) is 2.09. The number of amides is 1. The number of rotatable bonds is 3. The third kappa shape index (κ3) is 4.36. The minimum Gasteiger partial charge on any atom is -0.461 e. The van der Waals surface area contributed by atoms with Crippen molar-refractivity contribution in [1.82, 2.24) is 5.32 Å². The Morgan fingerprint density at radius 1 is 1.32 bits per heavy atom. The van der Waals surface area contributed by atoms with Crippen LogP contribution in [0, 0.1) is 0 Å². The van der Waals surface area contributed by atoms with Gasteiger partial charge in [-0.1, -0.05) is 0 Å². The molecule has 0 saturated heterocycles. The van der Waals surface area contributed by atoms with Crippen molar-refractivity contribution < 1.29 is 23.5 Å². The van der Waals surface area contributed by atoms with E-state index in [0.717, 1.165) is 0 Å². The predicted molar refractivity (Wildman–Crippen MR) is 67.5 cm³/mol. The number of ether oxygens (including phenoxy) is 2. The number of nitrogens with one attached hydrogen (secondary N) is 1. The largest absolute Gasteiger partial charge is 0.461 e. The highest BCUT2D eigenvalue weighted by atomic mass is 19.1. The van der Waals surface area contributed by atoms with E-state index >= 15 is 0 Å². The Balaban J connectivity index is 2.68. The van der Waals surface area contributed by atoms with Gasteiger partial charge in [-0.2, -0.15) is 0 Å². The van der Waals surface area contributed by atoms with Gasteiger partial charge in [0, 0.05) is 12.8 Å². The number of halogens is 1. The Kier molecular flexibility index (Phi) is 4.43. The van der Waals surface area contributed by atoms with Crippen molar-refractivity contribution in [3.63, 3.8) is 0 Å². The van der Waals surface area contributed by atoms with Crippen LogP contribution >= 0.6 is 0 Å². The molecule has 0 aromatic rings. The lowest BCUT2D eigenvalue weighted by molar-refractivity contribution is -0.162. The van der Waals surface area contributed by atoms with Crippen LogP contribution in [0.15, 0.2) is 0 Å². The molecule has 0 aliphatic heterocycles. The van der Waals surface area contributed by atoms with E-state index < -0.39 is 29.4 Å². The fourth-order valence-electron chi connectivity index (χ4n) is 1.84. The molecule has 0 aromatic heterocycles. The van der Waals surface area contributed by atoms with Crippen molar-refractivity contribution >= 4 is 12.1 Å². The van der Waals surface area contributed by atoms with Crippen molar-refractivity contribution in [3.8, 4) is 0 Å². The summed E-state index contributed by atoms with van der Waals surface area (Å²) in [5.41, 5.74) is -1.96. The van der Waals surface area contributed by atoms with Gasteiger partial charge in [-0.15, -0.1) is 0 Å². The number of alkyl carbamates (subject to hydrolysis) is 1. The SMILES string of the molecule is CC(C)OC(=O)C1(NC(=O)OC(C)(C)C)CC(F)C1. The molecule has 5 nitrogen and oxygen atoms in total. The second-order valence-corrected chi connectivity index (χ2v) is 6.17. The summed E-state index contributed by atoms with van der Waals surface area (Å²) < 4.78 is 23.2. The summed E-state index contributed by atoms with van der Waals surface area (Å²) in [4.78, 5) is 23.6. The average molecular weight is 275 g/mol. The molecule has 0 heterocycles. The van der Waals surface area contributed by atoms with Gasteiger partial charge in [-0.25, -0.2) is 14.0 Å². The number of carbonyl (C=O) groups is 2.